The molecule has 4 rings (SSSR count). The molecule has 1 atom stereocenters. The summed E-state index contributed by atoms with van der Waals surface area (Å²) in [5.74, 6) is 1.54. The largest absolute Gasteiger partial charge is 0.350 e. The van der Waals surface area contributed by atoms with Crippen molar-refractivity contribution in [1.82, 2.24) is 24.3 Å². The molecule has 0 aromatic carbocycles. The molecule has 1 aliphatic rings. The minimum atomic E-state index is 0.105. The third kappa shape index (κ3) is 3.94. The number of nitrogens with one attached hydrogen (secondary N) is 1. The normalized spacial score (nSPS) is 17.9. The average Bonchev–Trinajstić information content (AvgIpc) is 3.36. The number of aromatic amines is 1. The summed E-state index contributed by atoms with van der Waals surface area (Å²) in [6.07, 6.45) is 7.19. The van der Waals surface area contributed by atoms with E-state index in [1.165, 1.54) is 0 Å². The minimum Gasteiger partial charge on any atom is -0.350 e. The van der Waals surface area contributed by atoms with Crippen LogP contribution in [0.15, 0.2) is 29.9 Å². The molecule has 0 radical (unpaired) electrons. The van der Waals surface area contributed by atoms with Crippen LogP contribution in [0, 0.1) is 0 Å². The van der Waals surface area contributed by atoms with E-state index < -0.39 is 0 Å². The third-order valence-electron chi connectivity index (χ3n) is 5.30. The number of piperidine rings is 1. The van der Waals surface area contributed by atoms with Gasteiger partial charge in [0.15, 0.2) is 0 Å². The molecule has 3 aromatic heterocycles. The van der Waals surface area contributed by atoms with Gasteiger partial charge in [0.05, 0.1) is 10.2 Å². The van der Waals surface area contributed by atoms with Gasteiger partial charge in [-0.3, -0.25) is 4.79 Å². The van der Waals surface area contributed by atoms with Crippen LogP contribution in [0.2, 0.25) is 0 Å². The fourth-order valence-electron chi connectivity index (χ4n) is 3.93. The lowest BCUT2D eigenvalue weighted by atomic mass is 9.96. The number of hydrogen-bond donors (Lipinski definition) is 1. The lowest BCUT2D eigenvalue weighted by Crippen LogP contribution is -2.40. The zero-order valence-electron chi connectivity index (χ0n) is 16.0. The van der Waals surface area contributed by atoms with Gasteiger partial charge in [0.1, 0.15) is 11.5 Å². The second-order valence-corrected chi connectivity index (χ2v) is 8.56. The maximum absolute atomic E-state index is 13.0. The van der Waals surface area contributed by atoms with Crippen LogP contribution in [0.4, 0.5) is 0 Å². The number of fused-ring (bicyclic) bond motifs is 1. The minimum absolute atomic E-state index is 0.105. The molecule has 0 spiro atoms. The van der Waals surface area contributed by atoms with Crippen LogP contribution in [-0.4, -0.2) is 64.0 Å². The summed E-state index contributed by atoms with van der Waals surface area (Å²) in [5, 5.41) is 2.04. The van der Waals surface area contributed by atoms with Crippen LogP contribution in [0.3, 0.4) is 0 Å². The van der Waals surface area contributed by atoms with Gasteiger partial charge in [-0.25, -0.2) is 4.98 Å². The van der Waals surface area contributed by atoms with Gasteiger partial charge in [-0.2, -0.15) is 0 Å². The molecule has 1 amide bonds. The molecule has 27 heavy (non-hydrogen) atoms. The van der Waals surface area contributed by atoms with Crippen molar-refractivity contribution in [2.45, 2.75) is 31.7 Å². The fourth-order valence-corrected chi connectivity index (χ4v) is 4.72. The Morgan fingerprint density at radius 1 is 1.44 bits per heavy atom. The molecule has 1 unspecified atom stereocenters. The van der Waals surface area contributed by atoms with E-state index in [0.29, 0.717) is 11.6 Å². The van der Waals surface area contributed by atoms with Crippen LogP contribution in [0.1, 0.15) is 41.5 Å². The summed E-state index contributed by atoms with van der Waals surface area (Å²) in [5.41, 5.74) is 1.75. The van der Waals surface area contributed by atoms with E-state index in [2.05, 4.69) is 39.7 Å². The lowest BCUT2D eigenvalue weighted by molar-refractivity contribution is 0.0698. The van der Waals surface area contributed by atoms with Crippen molar-refractivity contribution in [2.75, 3.05) is 33.7 Å². The predicted molar refractivity (Wildman–Crippen MR) is 109 cm³/mol. The Labute approximate surface area is 163 Å². The number of amides is 1. The van der Waals surface area contributed by atoms with E-state index in [1.54, 1.807) is 11.3 Å². The van der Waals surface area contributed by atoms with Crippen LogP contribution in [0.25, 0.3) is 10.2 Å². The molecular weight excluding hydrogens is 358 g/mol. The Morgan fingerprint density at radius 3 is 3.15 bits per heavy atom. The Balaban J connectivity index is 1.44. The molecule has 144 valence electrons. The van der Waals surface area contributed by atoms with Crippen molar-refractivity contribution in [1.29, 1.82) is 0 Å². The maximum atomic E-state index is 13.0. The van der Waals surface area contributed by atoms with Crippen molar-refractivity contribution >= 4 is 27.5 Å². The van der Waals surface area contributed by atoms with Crippen molar-refractivity contribution in [3.63, 3.8) is 0 Å². The first-order chi connectivity index (χ1) is 13.1. The Bertz CT molecular complexity index is 880. The molecule has 0 saturated carbocycles. The van der Waals surface area contributed by atoms with Gasteiger partial charge in [0.25, 0.3) is 5.91 Å². The topological polar surface area (TPSA) is 57.2 Å². The van der Waals surface area contributed by atoms with Gasteiger partial charge in [-0.05, 0) is 57.4 Å². The van der Waals surface area contributed by atoms with Crippen molar-refractivity contribution < 1.29 is 4.79 Å². The maximum Gasteiger partial charge on any atom is 0.270 e. The van der Waals surface area contributed by atoms with E-state index in [1.807, 2.05) is 28.6 Å². The predicted octanol–water partition coefficient (Wildman–Crippen LogP) is 3.40. The van der Waals surface area contributed by atoms with Crippen molar-refractivity contribution in [3.8, 4) is 0 Å². The molecular formula is C20H27N5OS. The Kier molecular flexibility index (Phi) is 5.31. The number of thiophene rings is 1. The molecule has 1 fully saturated rings. The zero-order chi connectivity index (χ0) is 18.8. The number of carbonyl (C=O) groups is 1. The van der Waals surface area contributed by atoms with Gasteiger partial charge in [-0.15, -0.1) is 11.3 Å². The monoisotopic (exact) mass is 385 g/mol. The number of aryl methyl sites for hydroxylation is 1. The molecule has 1 N–H and O–H groups in total. The van der Waals surface area contributed by atoms with Crippen LogP contribution in [-0.2, 0) is 6.54 Å². The van der Waals surface area contributed by atoms with Crippen LogP contribution in [0.5, 0.6) is 0 Å². The molecule has 1 saturated heterocycles. The number of imidazole rings is 1. The molecule has 3 aromatic rings. The Hall–Kier alpha value is -2.12. The quantitative estimate of drug-likeness (QED) is 0.708. The van der Waals surface area contributed by atoms with E-state index in [-0.39, 0.29) is 5.91 Å². The van der Waals surface area contributed by atoms with E-state index in [9.17, 15) is 4.79 Å². The third-order valence-corrected chi connectivity index (χ3v) is 6.16. The molecule has 7 heteroatoms. The smallest absolute Gasteiger partial charge is 0.270 e. The number of aromatic nitrogens is 3. The molecule has 6 nitrogen and oxygen atoms in total. The number of likely N-dealkylation sites (tertiary alicyclic amines) is 1. The molecule has 4 heterocycles. The van der Waals surface area contributed by atoms with Gasteiger partial charge >= 0.3 is 0 Å². The SMILES string of the molecule is CN(C)CCCn1ccnc1C1CCCN(C(=O)c2cc3sccc3[nH]2)C1. The Morgan fingerprint density at radius 2 is 2.33 bits per heavy atom. The van der Waals surface area contributed by atoms with Gasteiger partial charge in [0, 0.05) is 37.9 Å². The highest BCUT2D eigenvalue weighted by Crippen LogP contribution is 2.28. The number of carbonyl (C=O) groups excluding carboxylic acids is 1. The number of hydrogen-bond acceptors (Lipinski definition) is 4. The van der Waals surface area contributed by atoms with Crippen LogP contribution < -0.4 is 0 Å². The first-order valence-electron chi connectivity index (χ1n) is 9.63. The number of H-pyrrole nitrogens is 1. The van der Waals surface area contributed by atoms with E-state index in [0.717, 1.165) is 61.5 Å². The standard InChI is InChI=1S/C20H27N5OS/c1-23(2)8-4-10-24-11-7-21-19(24)15-5-3-9-25(14-15)20(26)17-13-18-16(22-17)6-12-27-18/h6-7,11-13,15,22H,3-5,8-10,14H2,1-2H3. The summed E-state index contributed by atoms with van der Waals surface area (Å²) in [4.78, 5) is 25.1. The summed E-state index contributed by atoms with van der Waals surface area (Å²) in [6, 6.07) is 4.01. The van der Waals surface area contributed by atoms with E-state index >= 15 is 0 Å². The van der Waals surface area contributed by atoms with E-state index in [4.69, 9.17) is 0 Å². The summed E-state index contributed by atoms with van der Waals surface area (Å²) in [6.45, 7) is 3.61. The van der Waals surface area contributed by atoms with Crippen molar-refractivity contribution in [2.24, 2.45) is 0 Å². The second kappa shape index (κ2) is 7.86. The lowest BCUT2D eigenvalue weighted by Gasteiger charge is -2.32. The van der Waals surface area contributed by atoms with Gasteiger partial charge in [0.2, 0.25) is 0 Å². The first kappa shape index (κ1) is 18.3. The summed E-state index contributed by atoms with van der Waals surface area (Å²) < 4.78 is 3.41. The highest BCUT2D eigenvalue weighted by atomic mass is 32.1. The number of rotatable bonds is 6. The highest BCUT2D eigenvalue weighted by molar-refractivity contribution is 7.17. The average molecular weight is 386 g/mol. The van der Waals surface area contributed by atoms with Gasteiger partial charge < -0.3 is 19.4 Å². The zero-order valence-corrected chi connectivity index (χ0v) is 16.8. The summed E-state index contributed by atoms with van der Waals surface area (Å²) >= 11 is 1.66. The second-order valence-electron chi connectivity index (χ2n) is 7.61. The number of nitrogens with zero attached hydrogens (tertiary/aromatic N) is 4. The molecule has 0 aliphatic carbocycles. The first-order valence-corrected chi connectivity index (χ1v) is 10.5. The highest BCUT2D eigenvalue weighted by Gasteiger charge is 2.28. The van der Waals surface area contributed by atoms with Crippen molar-refractivity contribution in [3.05, 3.63) is 41.4 Å². The van der Waals surface area contributed by atoms with Crippen LogP contribution >= 0.6 is 11.3 Å². The molecule has 1 aliphatic heterocycles. The fraction of sp³-hybridized carbons (Fsp3) is 0.500. The summed E-state index contributed by atoms with van der Waals surface area (Å²) in [7, 11) is 4.20. The van der Waals surface area contributed by atoms with Gasteiger partial charge in [-0.1, -0.05) is 0 Å². The molecule has 0 bridgehead atoms.